The highest BCUT2D eigenvalue weighted by Gasteiger charge is 2.20. The number of unbranched alkanes of at least 4 members (excludes halogenated alkanes) is 36. The molecule has 0 aromatic heterocycles. The number of rotatable bonds is 51. The van der Waals surface area contributed by atoms with Gasteiger partial charge in [0.05, 0.1) is 25.4 Å². The zero-order chi connectivity index (χ0) is 45.1. The highest BCUT2D eigenvalue weighted by molar-refractivity contribution is 5.76. The summed E-state index contributed by atoms with van der Waals surface area (Å²) in [4.78, 5) is 24.5. The van der Waals surface area contributed by atoms with Crippen molar-refractivity contribution in [2.45, 2.75) is 309 Å². The van der Waals surface area contributed by atoms with Gasteiger partial charge in [0.15, 0.2) is 0 Å². The Hall–Kier alpha value is -1.66. The maximum atomic E-state index is 12.5. The van der Waals surface area contributed by atoms with Crippen molar-refractivity contribution in [3.8, 4) is 0 Å². The SMILES string of the molecule is CCCCCCC/C=C\CCCCCCCC(=O)OCCCCC/C=C\CCCCCCCC(=O)NC(CO)C(O)CCCCCCCCCCCCCCCCCCCCC. The lowest BCUT2D eigenvalue weighted by molar-refractivity contribution is -0.143. The lowest BCUT2D eigenvalue weighted by Gasteiger charge is -2.22. The van der Waals surface area contributed by atoms with Gasteiger partial charge in [-0.3, -0.25) is 9.59 Å². The number of carbonyl (C=O) groups excluding carboxylic acids is 2. The summed E-state index contributed by atoms with van der Waals surface area (Å²) in [6.07, 6.45) is 61.5. The van der Waals surface area contributed by atoms with E-state index in [0.29, 0.717) is 25.9 Å². The van der Waals surface area contributed by atoms with Gasteiger partial charge in [-0.2, -0.15) is 0 Å². The highest BCUT2D eigenvalue weighted by Crippen LogP contribution is 2.17. The van der Waals surface area contributed by atoms with Crippen LogP contribution in [-0.2, 0) is 14.3 Å². The first-order valence-electron chi connectivity index (χ1n) is 27.6. The number of aliphatic hydroxyl groups excluding tert-OH is 2. The Balaban J connectivity index is 3.51. The molecule has 0 aromatic rings. The minimum Gasteiger partial charge on any atom is -0.466 e. The molecular formula is C56H107NO5. The number of carbonyl (C=O) groups is 2. The average Bonchev–Trinajstić information content (AvgIpc) is 3.27. The van der Waals surface area contributed by atoms with E-state index in [1.54, 1.807) is 0 Å². The number of hydrogen-bond donors (Lipinski definition) is 3. The first kappa shape index (κ1) is 60.3. The predicted octanol–water partition coefficient (Wildman–Crippen LogP) is 16.7. The smallest absolute Gasteiger partial charge is 0.305 e. The van der Waals surface area contributed by atoms with Crippen LogP contribution in [-0.4, -0.2) is 47.4 Å². The van der Waals surface area contributed by atoms with Gasteiger partial charge in [0.25, 0.3) is 0 Å². The molecule has 6 heteroatoms. The van der Waals surface area contributed by atoms with Gasteiger partial charge in [-0.1, -0.05) is 224 Å². The van der Waals surface area contributed by atoms with Gasteiger partial charge >= 0.3 is 5.97 Å². The van der Waals surface area contributed by atoms with Gasteiger partial charge < -0.3 is 20.3 Å². The van der Waals surface area contributed by atoms with Crippen LogP contribution >= 0.6 is 0 Å². The van der Waals surface area contributed by atoms with E-state index in [1.165, 1.54) is 186 Å². The van der Waals surface area contributed by atoms with Gasteiger partial charge in [0.1, 0.15) is 0 Å². The molecule has 2 unspecified atom stereocenters. The first-order valence-corrected chi connectivity index (χ1v) is 27.6. The van der Waals surface area contributed by atoms with Gasteiger partial charge in [-0.05, 0) is 83.5 Å². The zero-order valence-electron chi connectivity index (χ0n) is 41.6. The molecule has 366 valence electrons. The molecule has 62 heavy (non-hydrogen) atoms. The number of ether oxygens (including phenoxy) is 1. The van der Waals surface area contributed by atoms with Crippen LogP contribution in [0.3, 0.4) is 0 Å². The largest absolute Gasteiger partial charge is 0.466 e. The molecule has 0 aliphatic carbocycles. The zero-order valence-corrected chi connectivity index (χ0v) is 41.6. The Bertz CT molecular complexity index is 966. The lowest BCUT2D eigenvalue weighted by Crippen LogP contribution is -2.45. The van der Waals surface area contributed by atoms with Gasteiger partial charge in [-0.25, -0.2) is 0 Å². The van der Waals surface area contributed by atoms with E-state index in [0.717, 1.165) is 77.0 Å². The van der Waals surface area contributed by atoms with Crippen LogP contribution in [0, 0.1) is 0 Å². The topological polar surface area (TPSA) is 95.9 Å². The van der Waals surface area contributed by atoms with Crippen molar-refractivity contribution in [2.24, 2.45) is 0 Å². The van der Waals surface area contributed by atoms with Crippen molar-refractivity contribution in [1.29, 1.82) is 0 Å². The van der Waals surface area contributed by atoms with Crippen LogP contribution in [0.15, 0.2) is 24.3 Å². The third kappa shape index (κ3) is 47.8. The van der Waals surface area contributed by atoms with E-state index in [4.69, 9.17) is 4.74 Å². The van der Waals surface area contributed by atoms with Crippen LogP contribution < -0.4 is 5.32 Å². The molecule has 0 aromatic carbocycles. The fourth-order valence-electron chi connectivity index (χ4n) is 8.45. The summed E-state index contributed by atoms with van der Waals surface area (Å²) in [5.74, 6) is -0.0902. The molecule has 3 N–H and O–H groups in total. The average molecular weight is 874 g/mol. The second-order valence-electron chi connectivity index (χ2n) is 18.9. The van der Waals surface area contributed by atoms with Crippen molar-refractivity contribution in [2.75, 3.05) is 13.2 Å². The van der Waals surface area contributed by atoms with E-state index >= 15 is 0 Å². The van der Waals surface area contributed by atoms with Crippen molar-refractivity contribution in [3.63, 3.8) is 0 Å². The van der Waals surface area contributed by atoms with Crippen LogP contribution in [0.1, 0.15) is 296 Å². The minimum absolute atomic E-state index is 0.0309. The number of nitrogens with one attached hydrogen (secondary N) is 1. The Kier molecular flexibility index (Phi) is 50.6. The quantitative estimate of drug-likeness (QED) is 0.0321. The Labute approximate surface area is 386 Å². The summed E-state index contributed by atoms with van der Waals surface area (Å²) in [7, 11) is 0. The molecule has 0 fully saturated rings. The molecule has 0 spiro atoms. The Morgan fingerprint density at radius 2 is 0.758 bits per heavy atom. The summed E-state index contributed by atoms with van der Waals surface area (Å²) < 4.78 is 5.44. The van der Waals surface area contributed by atoms with Crippen molar-refractivity contribution < 1.29 is 24.5 Å². The number of aliphatic hydroxyl groups is 2. The van der Waals surface area contributed by atoms with Gasteiger partial charge in [0, 0.05) is 12.8 Å². The maximum Gasteiger partial charge on any atom is 0.305 e. The maximum absolute atomic E-state index is 12.5. The fraction of sp³-hybridized carbons (Fsp3) is 0.893. The molecule has 1 amide bonds. The Morgan fingerprint density at radius 3 is 1.15 bits per heavy atom. The van der Waals surface area contributed by atoms with Crippen LogP contribution in [0.4, 0.5) is 0 Å². The molecule has 0 radical (unpaired) electrons. The second-order valence-corrected chi connectivity index (χ2v) is 18.9. The van der Waals surface area contributed by atoms with Crippen LogP contribution in [0.2, 0.25) is 0 Å². The van der Waals surface area contributed by atoms with Gasteiger partial charge in [-0.15, -0.1) is 0 Å². The van der Waals surface area contributed by atoms with E-state index in [9.17, 15) is 19.8 Å². The fourth-order valence-corrected chi connectivity index (χ4v) is 8.45. The number of esters is 1. The highest BCUT2D eigenvalue weighted by atomic mass is 16.5. The molecule has 0 saturated carbocycles. The van der Waals surface area contributed by atoms with E-state index < -0.39 is 12.1 Å². The normalized spacial score (nSPS) is 12.8. The lowest BCUT2D eigenvalue weighted by atomic mass is 10.0. The molecule has 0 saturated heterocycles. The van der Waals surface area contributed by atoms with Crippen molar-refractivity contribution >= 4 is 11.9 Å². The molecule has 0 aliphatic rings. The van der Waals surface area contributed by atoms with E-state index in [1.807, 2.05) is 0 Å². The predicted molar refractivity (Wildman–Crippen MR) is 269 cm³/mol. The second kappa shape index (κ2) is 52.0. The molecule has 0 aliphatic heterocycles. The summed E-state index contributed by atoms with van der Waals surface area (Å²) >= 11 is 0. The number of allylic oxidation sites excluding steroid dienone is 4. The van der Waals surface area contributed by atoms with Crippen LogP contribution in [0.5, 0.6) is 0 Å². The van der Waals surface area contributed by atoms with Crippen molar-refractivity contribution in [1.82, 2.24) is 5.32 Å². The minimum atomic E-state index is -0.681. The number of hydrogen-bond acceptors (Lipinski definition) is 5. The Morgan fingerprint density at radius 1 is 0.435 bits per heavy atom. The molecular weight excluding hydrogens is 767 g/mol. The molecule has 0 heterocycles. The molecule has 0 rings (SSSR count). The molecule has 6 nitrogen and oxygen atoms in total. The summed E-state index contributed by atoms with van der Waals surface area (Å²) in [6.45, 7) is 4.89. The van der Waals surface area contributed by atoms with Crippen molar-refractivity contribution in [3.05, 3.63) is 24.3 Å². The summed E-state index contributed by atoms with van der Waals surface area (Å²) in [6, 6.07) is -0.561. The number of amides is 1. The van der Waals surface area contributed by atoms with E-state index in [2.05, 4.69) is 43.5 Å². The monoisotopic (exact) mass is 874 g/mol. The molecule has 0 bridgehead atoms. The van der Waals surface area contributed by atoms with Crippen LogP contribution in [0.25, 0.3) is 0 Å². The summed E-state index contributed by atoms with van der Waals surface area (Å²) in [5, 5.41) is 23.3. The van der Waals surface area contributed by atoms with Gasteiger partial charge in [0.2, 0.25) is 5.91 Å². The third-order valence-corrected chi connectivity index (χ3v) is 12.7. The molecule has 2 atom stereocenters. The first-order chi connectivity index (χ1) is 30.5. The summed E-state index contributed by atoms with van der Waals surface area (Å²) in [5.41, 5.74) is 0. The standard InChI is InChI=1S/C56H107NO5/c1-3-5-7-9-11-13-15-17-19-20-21-22-23-24-28-32-36-40-44-48-54(59)53(52-58)57-55(60)49-45-41-37-33-29-26-27-31-35-39-43-47-51-62-56(61)50-46-42-38-34-30-25-18-16-14-12-10-8-6-4-2/h16,18,27,31,53-54,58-59H,3-15,17,19-26,28-30,32-52H2,1-2H3,(H,57,60)/b18-16-,31-27-. The third-order valence-electron chi connectivity index (χ3n) is 12.7. The van der Waals surface area contributed by atoms with E-state index in [-0.39, 0.29) is 18.5 Å².